The van der Waals surface area contributed by atoms with Crippen LogP contribution in [0.1, 0.15) is 41.3 Å². The van der Waals surface area contributed by atoms with Crippen molar-refractivity contribution in [2.24, 2.45) is 11.1 Å². The maximum atomic E-state index is 14.3. The molecule has 5 rings (SSSR count). The van der Waals surface area contributed by atoms with Crippen molar-refractivity contribution < 1.29 is 32.7 Å². The van der Waals surface area contributed by atoms with Crippen LogP contribution in [0.4, 0.5) is 13.2 Å². The van der Waals surface area contributed by atoms with Gasteiger partial charge in [0.15, 0.2) is 11.4 Å². The Balaban J connectivity index is 1.46. The summed E-state index contributed by atoms with van der Waals surface area (Å²) in [7, 11) is 0. The fraction of sp³-hybridized carbons (Fsp3) is 0.407. The fourth-order valence-electron chi connectivity index (χ4n) is 5.38. The van der Waals surface area contributed by atoms with Gasteiger partial charge in [-0.3, -0.25) is 4.90 Å². The second kappa shape index (κ2) is 9.92. The number of halogens is 3. The third kappa shape index (κ3) is 4.65. The molecular formula is C27H28F3N3O4. The lowest BCUT2D eigenvalue weighted by Gasteiger charge is -2.32. The van der Waals surface area contributed by atoms with Crippen LogP contribution in [0.5, 0.6) is 0 Å². The van der Waals surface area contributed by atoms with Crippen molar-refractivity contribution in [1.29, 1.82) is 0 Å². The monoisotopic (exact) mass is 515 g/mol. The van der Waals surface area contributed by atoms with Crippen molar-refractivity contribution in [2.75, 3.05) is 26.3 Å². The number of fused-ring (bicyclic) bond motifs is 3. The number of nitrogens with zero attached hydrogens (tertiary/aromatic N) is 3. The summed E-state index contributed by atoms with van der Waals surface area (Å²) >= 11 is 0. The first-order valence-electron chi connectivity index (χ1n) is 12.2. The molecule has 0 amide bonds. The molecule has 2 atom stereocenters. The molecule has 2 heterocycles. The maximum absolute atomic E-state index is 14.3. The lowest BCUT2D eigenvalue weighted by Crippen LogP contribution is -2.38. The average Bonchev–Trinajstić information content (AvgIpc) is 3.48. The van der Waals surface area contributed by atoms with Crippen LogP contribution < -0.4 is 0 Å². The van der Waals surface area contributed by atoms with Gasteiger partial charge in [-0.15, -0.1) is 0 Å². The third-order valence-electron chi connectivity index (χ3n) is 7.20. The van der Waals surface area contributed by atoms with E-state index < -0.39 is 23.3 Å². The van der Waals surface area contributed by atoms with Gasteiger partial charge < -0.3 is 19.6 Å². The largest absolute Gasteiger partial charge is 0.422 e. The van der Waals surface area contributed by atoms with Gasteiger partial charge in [0.1, 0.15) is 11.3 Å². The SMILES string of the molecule is CC1(c2noc(-c3ccccc3)c2C(F)(F)F)ON=C2c3ccc(CN(CCO)CCO)cc3CCC21. The zero-order valence-corrected chi connectivity index (χ0v) is 20.3. The molecule has 1 aromatic heterocycles. The topological polar surface area (TPSA) is 91.3 Å². The highest BCUT2D eigenvalue weighted by atomic mass is 19.4. The van der Waals surface area contributed by atoms with Gasteiger partial charge in [-0.2, -0.15) is 13.2 Å². The number of aliphatic hydroxyl groups excluding tert-OH is 2. The summed E-state index contributed by atoms with van der Waals surface area (Å²) in [6.07, 6.45) is -3.53. The Morgan fingerprint density at radius 1 is 1.08 bits per heavy atom. The first-order valence-corrected chi connectivity index (χ1v) is 12.2. The summed E-state index contributed by atoms with van der Waals surface area (Å²) < 4.78 is 48.3. The Labute approximate surface area is 212 Å². The number of aryl methyl sites for hydroxylation is 1. The minimum atomic E-state index is -4.70. The Kier molecular flexibility index (Phi) is 6.82. The molecule has 2 aromatic carbocycles. The van der Waals surface area contributed by atoms with Crippen LogP contribution >= 0.6 is 0 Å². The molecule has 2 N–H and O–H groups in total. The number of benzene rings is 2. The predicted molar refractivity (Wildman–Crippen MR) is 130 cm³/mol. The van der Waals surface area contributed by atoms with E-state index in [9.17, 15) is 23.4 Å². The number of rotatable bonds is 8. The summed E-state index contributed by atoms with van der Waals surface area (Å²) in [6.45, 7) is 3.04. The van der Waals surface area contributed by atoms with Crippen LogP contribution in [0.15, 0.2) is 58.2 Å². The zero-order chi connectivity index (χ0) is 26.2. The van der Waals surface area contributed by atoms with E-state index in [-0.39, 0.29) is 30.2 Å². The van der Waals surface area contributed by atoms with E-state index in [2.05, 4.69) is 16.4 Å². The van der Waals surface area contributed by atoms with Gasteiger partial charge in [-0.25, -0.2) is 0 Å². The molecule has 37 heavy (non-hydrogen) atoms. The Bertz CT molecular complexity index is 1290. The van der Waals surface area contributed by atoms with Crippen molar-refractivity contribution in [1.82, 2.24) is 10.1 Å². The van der Waals surface area contributed by atoms with Crippen LogP contribution in [-0.2, 0) is 29.6 Å². The van der Waals surface area contributed by atoms with Crippen LogP contribution in [-0.4, -0.2) is 52.3 Å². The molecule has 1 aliphatic heterocycles. The summed E-state index contributed by atoms with van der Waals surface area (Å²) in [6, 6.07) is 14.0. The minimum Gasteiger partial charge on any atom is -0.395 e. The number of hydrogen-bond acceptors (Lipinski definition) is 7. The first-order chi connectivity index (χ1) is 17.8. The van der Waals surface area contributed by atoms with Crippen molar-refractivity contribution >= 4 is 5.71 Å². The predicted octanol–water partition coefficient (Wildman–Crippen LogP) is 4.36. The molecule has 0 saturated heterocycles. The normalized spacial score (nSPS) is 20.9. The molecule has 0 spiro atoms. The number of alkyl halides is 3. The lowest BCUT2D eigenvalue weighted by molar-refractivity contribution is -0.141. The second-order valence-corrected chi connectivity index (χ2v) is 9.58. The van der Waals surface area contributed by atoms with Gasteiger partial charge in [0.05, 0.1) is 24.8 Å². The Hall–Kier alpha value is -3.21. The van der Waals surface area contributed by atoms with Crippen LogP contribution in [0, 0.1) is 5.92 Å². The van der Waals surface area contributed by atoms with Gasteiger partial charge >= 0.3 is 6.18 Å². The van der Waals surface area contributed by atoms with Crippen molar-refractivity contribution in [3.05, 3.63) is 76.5 Å². The molecule has 1 aliphatic carbocycles. The quantitative estimate of drug-likeness (QED) is 0.463. The van der Waals surface area contributed by atoms with Crippen LogP contribution in [0.2, 0.25) is 0 Å². The van der Waals surface area contributed by atoms with E-state index >= 15 is 0 Å². The van der Waals surface area contributed by atoms with Crippen molar-refractivity contribution in [2.45, 2.75) is 38.1 Å². The standard InChI is InChI=1S/C27H28F3N3O4/c1-26(25-22(27(28,29)30)24(36-32-25)18-5-3-2-4-6-18)21-10-8-19-15-17(16-33(11-13-34)12-14-35)7-9-20(19)23(21)31-37-26/h2-7,9,15,21,34-35H,8,10-14,16H2,1H3. The molecule has 2 aliphatic rings. The summed E-state index contributed by atoms with van der Waals surface area (Å²) in [5, 5.41) is 26.7. The maximum Gasteiger partial charge on any atom is 0.422 e. The van der Waals surface area contributed by atoms with Gasteiger partial charge in [-0.05, 0) is 30.9 Å². The van der Waals surface area contributed by atoms with E-state index in [0.29, 0.717) is 38.2 Å². The molecule has 3 aromatic rings. The first kappa shape index (κ1) is 25.4. The summed E-state index contributed by atoms with van der Waals surface area (Å²) in [4.78, 5) is 7.73. The Morgan fingerprint density at radius 3 is 2.49 bits per heavy atom. The minimum absolute atomic E-state index is 0.00665. The fourth-order valence-corrected chi connectivity index (χ4v) is 5.38. The van der Waals surface area contributed by atoms with Gasteiger partial charge in [-0.1, -0.05) is 58.8 Å². The van der Waals surface area contributed by atoms with Crippen LogP contribution in [0.25, 0.3) is 11.3 Å². The zero-order valence-electron chi connectivity index (χ0n) is 20.3. The van der Waals surface area contributed by atoms with Gasteiger partial charge in [0.2, 0.25) is 0 Å². The lowest BCUT2D eigenvalue weighted by atomic mass is 9.72. The Morgan fingerprint density at radius 2 is 1.81 bits per heavy atom. The molecule has 0 bridgehead atoms. The number of aromatic nitrogens is 1. The molecule has 0 fully saturated rings. The average molecular weight is 516 g/mol. The highest BCUT2D eigenvalue weighted by Gasteiger charge is 2.55. The smallest absolute Gasteiger partial charge is 0.395 e. The molecule has 196 valence electrons. The van der Waals surface area contributed by atoms with E-state index in [0.717, 1.165) is 16.7 Å². The van der Waals surface area contributed by atoms with Crippen molar-refractivity contribution in [3.63, 3.8) is 0 Å². The van der Waals surface area contributed by atoms with E-state index in [4.69, 9.17) is 9.36 Å². The third-order valence-corrected chi connectivity index (χ3v) is 7.20. The van der Waals surface area contributed by atoms with E-state index in [1.165, 1.54) is 0 Å². The van der Waals surface area contributed by atoms with Crippen LogP contribution in [0.3, 0.4) is 0 Å². The summed E-state index contributed by atoms with van der Waals surface area (Å²) in [5.74, 6) is -0.765. The van der Waals surface area contributed by atoms with E-state index in [1.807, 2.05) is 17.0 Å². The molecule has 10 heteroatoms. The van der Waals surface area contributed by atoms with Gasteiger partial charge in [0, 0.05) is 30.8 Å². The van der Waals surface area contributed by atoms with Gasteiger partial charge in [0.25, 0.3) is 0 Å². The molecule has 2 unspecified atom stereocenters. The highest BCUT2D eigenvalue weighted by molar-refractivity contribution is 6.05. The van der Waals surface area contributed by atoms with E-state index in [1.54, 1.807) is 37.3 Å². The molecule has 7 nitrogen and oxygen atoms in total. The molecular weight excluding hydrogens is 487 g/mol. The number of hydrogen-bond donors (Lipinski definition) is 2. The number of aliphatic hydroxyl groups is 2. The van der Waals surface area contributed by atoms with Crippen molar-refractivity contribution in [3.8, 4) is 11.3 Å². The molecule has 0 radical (unpaired) electrons. The second-order valence-electron chi connectivity index (χ2n) is 9.58. The number of oxime groups is 1. The summed E-state index contributed by atoms with van der Waals surface area (Å²) in [5.41, 5.74) is 1.12. The molecule has 0 saturated carbocycles. The highest BCUT2D eigenvalue weighted by Crippen LogP contribution is 2.51.